The number of hydrogen-bond donors (Lipinski definition) is 1. The minimum Gasteiger partial charge on any atom is -0.367 e. The van der Waals surface area contributed by atoms with Gasteiger partial charge in [-0.25, -0.2) is 0 Å². The topological polar surface area (TPSA) is 29.3 Å². The highest BCUT2D eigenvalue weighted by Gasteiger charge is 2.28. The van der Waals surface area contributed by atoms with E-state index in [0.717, 1.165) is 24.9 Å². The van der Waals surface area contributed by atoms with E-state index in [9.17, 15) is 0 Å². The van der Waals surface area contributed by atoms with Gasteiger partial charge in [-0.1, -0.05) is 38.0 Å². The molecule has 2 N–H and O–H groups in total. The summed E-state index contributed by atoms with van der Waals surface area (Å²) in [4.78, 5) is 2.50. The second-order valence-electron chi connectivity index (χ2n) is 5.94. The van der Waals surface area contributed by atoms with E-state index in [-0.39, 0.29) is 0 Å². The van der Waals surface area contributed by atoms with Crippen molar-refractivity contribution in [2.45, 2.75) is 45.6 Å². The maximum atomic E-state index is 6.11. The normalized spacial score (nSPS) is 25.0. The van der Waals surface area contributed by atoms with Gasteiger partial charge >= 0.3 is 0 Å². The monoisotopic (exact) mass is 260 g/mol. The van der Waals surface area contributed by atoms with Crippen LogP contribution in [0.3, 0.4) is 0 Å². The number of benzene rings is 1. The number of anilines is 1. The van der Waals surface area contributed by atoms with Gasteiger partial charge in [0.1, 0.15) is 0 Å². The highest BCUT2D eigenvalue weighted by molar-refractivity contribution is 5.47. The lowest BCUT2D eigenvalue weighted by molar-refractivity contribution is 0.250. The number of para-hydroxylation sites is 1. The van der Waals surface area contributed by atoms with Gasteiger partial charge in [0.05, 0.1) is 0 Å². The Morgan fingerprint density at radius 2 is 1.79 bits per heavy atom. The first-order valence-corrected chi connectivity index (χ1v) is 7.78. The Balaban J connectivity index is 2.10. The van der Waals surface area contributed by atoms with E-state index in [1.807, 2.05) is 0 Å². The summed E-state index contributed by atoms with van der Waals surface area (Å²) in [6.45, 7) is 6.42. The number of likely N-dealkylation sites (N-methyl/N-ethyl adjacent to an activating group) is 1. The molecule has 1 unspecified atom stereocenters. The molecule has 1 aromatic carbocycles. The second kappa shape index (κ2) is 6.95. The lowest BCUT2D eigenvalue weighted by atomic mass is 9.78. The van der Waals surface area contributed by atoms with Crippen molar-refractivity contribution in [2.75, 3.05) is 18.0 Å². The zero-order valence-corrected chi connectivity index (χ0v) is 12.4. The maximum Gasteiger partial charge on any atom is 0.0440 e. The maximum absolute atomic E-state index is 6.11. The molecule has 1 aromatic rings. The van der Waals surface area contributed by atoms with Crippen LogP contribution in [0, 0.1) is 11.8 Å². The average Bonchev–Trinajstić information content (AvgIpc) is 2.47. The van der Waals surface area contributed by atoms with Crippen molar-refractivity contribution >= 4 is 5.69 Å². The molecule has 0 spiro atoms. The summed E-state index contributed by atoms with van der Waals surface area (Å²) < 4.78 is 0. The van der Waals surface area contributed by atoms with E-state index in [2.05, 4.69) is 49.1 Å². The zero-order chi connectivity index (χ0) is 13.7. The summed E-state index contributed by atoms with van der Waals surface area (Å²) in [7, 11) is 0. The molecule has 0 aromatic heterocycles. The quantitative estimate of drug-likeness (QED) is 0.875. The first-order chi connectivity index (χ1) is 9.26. The van der Waals surface area contributed by atoms with Gasteiger partial charge in [0.2, 0.25) is 0 Å². The summed E-state index contributed by atoms with van der Waals surface area (Å²) in [5.74, 6) is 1.67. The van der Waals surface area contributed by atoms with Gasteiger partial charge in [-0.2, -0.15) is 0 Å². The molecule has 106 valence electrons. The molecule has 0 heterocycles. The van der Waals surface area contributed by atoms with Crippen molar-refractivity contribution in [1.29, 1.82) is 0 Å². The van der Waals surface area contributed by atoms with Crippen LogP contribution in [0.1, 0.15) is 39.5 Å². The molecular weight excluding hydrogens is 232 g/mol. The fourth-order valence-electron chi connectivity index (χ4n) is 3.47. The van der Waals surface area contributed by atoms with Crippen LogP contribution in [-0.2, 0) is 0 Å². The molecule has 1 fully saturated rings. The van der Waals surface area contributed by atoms with Gasteiger partial charge in [0.15, 0.2) is 0 Å². The summed E-state index contributed by atoms with van der Waals surface area (Å²) >= 11 is 0. The van der Waals surface area contributed by atoms with E-state index in [1.54, 1.807) is 0 Å². The van der Waals surface area contributed by atoms with Gasteiger partial charge in [-0.15, -0.1) is 0 Å². The Labute approximate surface area is 118 Å². The standard InChI is InChI=1S/C17H28N2/c1-3-19(16-7-5-4-6-8-16)17(13-18)15-11-9-14(2)10-12-15/h4-8,14-15,17H,3,9-13,18H2,1-2H3. The molecule has 2 heteroatoms. The predicted molar refractivity (Wildman–Crippen MR) is 83.4 cm³/mol. The lowest BCUT2D eigenvalue weighted by Gasteiger charge is -2.40. The summed E-state index contributed by atoms with van der Waals surface area (Å²) in [6.07, 6.45) is 5.42. The minimum atomic E-state index is 0.500. The van der Waals surface area contributed by atoms with Gasteiger partial charge in [0, 0.05) is 24.8 Å². The van der Waals surface area contributed by atoms with Crippen molar-refractivity contribution < 1.29 is 0 Å². The third-order valence-corrected chi connectivity index (χ3v) is 4.68. The molecule has 1 atom stereocenters. The van der Waals surface area contributed by atoms with Crippen LogP contribution in [0.5, 0.6) is 0 Å². The number of nitrogens with zero attached hydrogens (tertiary/aromatic N) is 1. The third kappa shape index (κ3) is 3.50. The van der Waals surface area contributed by atoms with Crippen LogP contribution in [0.4, 0.5) is 5.69 Å². The van der Waals surface area contributed by atoms with Crippen molar-refractivity contribution in [3.63, 3.8) is 0 Å². The van der Waals surface area contributed by atoms with Crippen LogP contribution in [0.25, 0.3) is 0 Å². The summed E-state index contributed by atoms with van der Waals surface area (Å²) in [5.41, 5.74) is 7.43. The van der Waals surface area contributed by atoms with E-state index in [4.69, 9.17) is 5.73 Å². The molecule has 0 saturated heterocycles. The van der Waals surface area contributed by atoms with Crippen molar-refractivity contribution in [3.8, 4) is 0 Å². The minimum absolute atomic E-state index is 0.500. The summed E-state index contributed by atoms with van der Waals surface area (Å²) in [5, 5.41) is 0. The highest BCUT2D eigenvalue weighted by atomic mass is 15.2. The number of nitrogens with two attached hydrogens (primary N) is 1. The highest BCUT2D eigenvalue weighted by Crippen LogP contribution is 2.33. The Morgan fingerprint density at radius 1 is 1.16 bits per heavy atom. The fourth-order valence-corrected chi connectivity index (χ4v) is 3.47. The van der Waals surface area contributed by atoms with Gasteiger partial charge in [-0.05, 0) is 43.7 Å². The van der Waals surface area contributed by atoms with Crippen LogP contribution in [0.2, 0.25) is 0 Å². The first-order valence-electron chi connectivity index (χ1n) is 7.78. The van der Waals surface area contributed by atoms with E-state index in [1.165, 1.54) is 31.4 Å². The SMILES string of the molecule is CCN(c1ccccc1)C(CN)C1CCC(C)CC1. The average molecular weight is 260 g/mol. The molecule has 0 aliphatic heterocycles. The van der Waals surface area contributed by atoms with Crippen LogP contribution < -0.4 is 10.6 Å². The zero-order valence-electron chi connectivity index (χ0n) is 12.4. The molecule has 0 radical (unpaired) electrons. The molecule has 1 saturated carbocycles. The van der Waals surface area contributed by atoms with Crippen LogP contribution in [-0.4, -0.2) is 19.1 Å². The van der Waals surface area contributed by atoms with E-state index >= 15 is 0 Å². The lowest BCUT2D eigenvalue weighted by Crippen LogP contribution is -2.46. The third-order valence-electron chi connectivity index (χ3n) is 4.68. The predicted octanol–water partition coefficient (Wildman–Crippen LogP) is 3.67. The smallest absolute Gasteiger partial charge is 0.0440 e. The van der Waals surface area contributed by atoms with Gasteiger partial charge in [-0.3, -0.25) is 0 Å². The van der Waals surface area contributed by atoms with Gasteiger partial charge < -0.3 is 10.6 Å². The Hall–Kier alpha value is -1.02. The van der Waals surface area contributed by atoms with Crippen LogP contribution >= 0.6 is 0 Å². The van der Waals surface area contributed by atoms with Crippen molar-refractivity contribution in [2.24, 2.45) is 17.6 Å². The second-order valence-corrected chi connectivity index (χ2v) is 5.94. The molecule has 1 aliphatic carbocycles. The molecule has 0 amide bonds. The summed E-state index contributed by atoms with van der Waals surface area (Å²) in [6, 6.07) is 11.2. The molecule has 19 heavy (non-hydrogen) atoms. The molecule has 0 bridgehead atoms. The Bertz CT molecular complexity index is 355. The molecule has 1 aliphatic rings. The van der Waals surface area contributed by atoms with E-state index in [0.29, 0.717) is 6.04 Å². The van der Waals surface area contributed by atoms with Crippen LogP contribution in [0.15, 0.2) is 30.3 Å². The van der Waals surface area contributed by atoms with Gasteiger partial charge in [0.25, 0.3) is 0 Å². The van der Waals surface area contributed by atoms with Crippen molar-refractivity contribution in [1.82, 2.24) is 0 Å². The largest absolute Gasteiger partial charge is 0.367 e. The number of hydrogen-bond acceptors (Lipinski definition) is 2. The van der Waals surface area contributed by atoms with Crippen molar-refractivity contribution in [3.05, 3.63) is 30.3 Å². The Kier molecular flexibility index (Phi) is 5.26. The van der Waals surface area contributed by atoms with E-state index < -0.39 is 0 Å². The molecular formula is C17H28N2. The molecule has 2 nitrogen and oxygen atoms in total. The fraction of sp³-hybridized carbons (Fsp3) is 0.647. The first kappa shape index (κ1) is 14.4. The Morgan fingerprint density at radius 3 is 2.32 bits per heavy atom. The molecule has 2 rings (SSSR count). The number of rotatable bonds is 5.